The maximum atomic E-state index is 4.37. The van der Waals surface area contributed by atoms with Crippen LogP contribution in [0.1, 0.15) is 124 Å². The van der Waals surface area contributed by atoms with Gasteiger partial charge in [0, 0.05) is 18.8 Å². The fourth-order valence-corrected chi connectivity index (χ4v) is 3.94. The van der Waals surface area contributed by atoms with Gasteiger partial charge in [-0.2, -0.15) is 0 Å². The molecule has 0 aromatic heterocycles. The van der Waals surface area contributed by atoms with Crippen molar-refractivity contribution in [1.29, 1.82) is 0 Å². The van der Waals surface area contributed by atoms with Crippen LogP contribution < -0.4 is 0 Å². The van der Waals surface area contributed by atoms with Gasteiger partial charge in [0.25, 0.3) is 0 Å². The number of allylic oxidation sites excluding steroid dienone is 1. The molecule has 0 aromatic rings. The van der Waals surface area contributed by atoms with Gasteiger partial charge in [-0.05, 0) is 58.2 Å². The van der Waals surface area contributed by atoms with Crippen LogP contribution in [0.4, 0.5) is 0 Å². The standard InChI is InChI=1S/C26H54N2/c1-6-10-12-13-16-19-23-27(9-4)24-20-17-14-15-18-21-26(5)28(22-8-3)25-11-7-2/h5-25H2,1-4H3. The normalized spacial score (nSPS) is 11.3. The maximum absolute atomic E-state index is 4.37. The summed E-state index contributed by atoms with van der Waals surface area (Å²) in [5.41, 5.74) is 1.38. The summed E-state index contributed by atoms with van der Waals surface area (Å²) in [6.45, 7) is 19.8. The van der Waals surface area contributed by atoms with E-state index in [-0.39, 0.29) is 0 Å². The van der Waals surface area contributed by atoms with Gasteiger partial charge in [0.05, 0.1) is 0 Å². The van der Waals surface area contributed by atoms with Crippen molar-refractivity contribution < 1.29 is 0 Å². The second kappa shape index (κ2) is 21.2. The van der Waals surface area contributed by atoms with Gasteiger partial charge in [0.2, 0.25) is 0 Å². The molecule has 0 rings (SSSR count). The number of hydrogen-bond acceptors (Lipinski definition) is 2. The van der Waals surface area contributed by atoms with E-state index in [2.05, 4.69) is 44.1 Å². The first-order chi connectivity index (χ1) is 13.7. The first kappa shape index (κ1) is 27.5. The Kier molecular flexibility index (Phi) is 20.8. The lowest BCUT2D eigenvalue weighted by molar-refractivity contribution is 0.273. The quantitative estimate of drug-likeness (QED) is 0.171. The Labute approximate surface area is 179 Å². The molecule has 0 aliphatic carbocycles. The molecule has 168 valence electrons. The monoisotopic (exact) mass is 394 g/mol. The molecule has 0 aliphatic rings. The number of unbranched alkanes of at least 4 members (excludes halogenated alkanes) is 10. The number of hydrogen-bond donors (Lipinski definition) is 0. The van der Waals surface area contributed by atoms with Crippen LogP contribution in [-0.2, 0) is 0 Å². The maximum Gasteiger partial charge on any atom is 0.0174 e. The lowest BCUT2D eigenvalue weighted by atomic mass is 10.1. The molecule has 2 nitrogen and oxygen atoms in total. The summed E-state index contributed by atoms with van der Waals surface area (Å²) < 4.78 is 0. The van der Waals surface area contributed by atoms with Crippen LogP contribution in [0.15, 0.2) is 12.3 Å². The molecular formula is C26H54N2. The third-order valence-electron chi connectivity index (χ3n) is 5.94. The Morgan fingerprint density at radius 1 is 0.536 bits per heavy atom. The summed E-state index contributed by atoms with van der Waals surface area (Å²) in [4.78, 5) is 5.20. The Morgan fingerprint density at radius 3 is 1.61 bits per heavy atom. The van der Waals surface area contributed by atoms with E-state index in [1.807, 2.05) is 0 Å². The smallest absolute Gasteiger partial charge is 0.0174 e. The lowest BCUT2D eigenvalue weighted by Crippen LogP contribution is -2.25. The van der Waals surface area contributed by atoms with E-state index in [0.29, 0.717) is 0 Å². The van der Waals surface area contributed by atoms with E-state index in [4.69, 9.17) is 0 Å². The first-order valence-electron chi connectivity index (χ1n) is 12.8. The minimum Gasteiger partial charge on any atom is -0.375 e. The highest BCUT2D eigenvalue weighted by atomic mass is 15.1. The van der Waals surface area contributed by atoms with Gasteiger partial charge in [-0.3, -0.25) is 0 Å². The lowest BCUT2D eigenvalue weighted by Gasteiger charge is -2.26. The van der Waals surface area contributed by atoms with Gasteiger partial charge in [0.15, 0.2) is 0 Å². The largest absolute Gasteiger partial charge is 0.375 e. The van der Waals surface area contributed by atoms with Gasteiger partial charge in [-0.25, -0.2) is 0 Å². The molecule has 0 unspecified atom stereocenters. The molecule has 0 amide bonds. The fourth-order valence-electron chi connectivity index (χ4n) is 3.94. The minimum absolute atomic E-state index is 1.18. The second-order valence-corrected chi connectivity index (χ2v) is 8.63. The highest BCUT2D eigenvalue weighted by molar-refractivity contribution is 4.93. The van der Waals surface area contributed by atoms with Crippen LogP contribution in [0.5, 0.6) is 0 Å². The van der Waals surface area contributed by atoms with Crippen molar-refractivity contribution in [3.63, 3.8) is 0 Å². The summed E-state index contributed by atoms with van der Waals surface area (Å²) in [6, 6.07) is 0. The Morgan fingerprint density at radius 2 is 1.07 bits per heavy atom. The molecule has 0 atom stereocenters. The van der Waals surface area contributed by atoms with Gasteiger partial charge in [-0.15, -0.1) is 0 Å². The Bertz CT molecular complexity index is 326. The fraction of sp³-hybridized carbons (Fsp3) is 0.923. The van der Waals surface area contributed by atoms with Crippen molar-refractivity contribution >= 4 is 0 Å². The SMILES string of the molecule is C=C(CCCCCCCN(CC)CCCCCCCC)N(CCC)CCCC. The molecule has 0 bridgehead atoms. The Hall–Kier alpha value is -0.500. The summed E-state index contributed by atoms with van der Waals surface area (Å²) >= 11 is 0. The van der Waals surface area contributed by atoms with Gasteiger partial charge < -0.3 is 9.80 Å². The third-order valence-corrected chi connectivity index (χ3v) is 5.94. The van der Waals surface area contributed by atoms with Crippen molar-refractivity contribution in [2.75, 3.05) is 32.7 Å². The first-order valence-corrected chi connectivity index (χ1v) is 12.8. The van der Waals surface area contributed by atoms with Crippen LogP contribution >= 0.6 is 0 Å². The topological polar surface area (TPSA) is 6.48 Å². The molecule has 0 aliphatic heterocycles. The van der Waals surface area contributed by atoms with Crippen molar-refractivity contribution in [3.05, 3.63) is 12.3 Å². The average molecular weight is 395 g/mol. The van der Waals surface area contributed by atoms with E-state index in [1.165, 1.54) is 135 Å². The molecule has 0 heterocycles. The minimum atomic E-state index is 1.18. The molecule has 0 saturated carbocycles. The molecule has 0 aromatic carbocycles. The highest BCUT2D eigenvalue weighted by Gasteiger charge is 2.06. The highest BCUT2D eigenvalue weighted by Crippen LogP contribution is 2.15. The molecule has 28 heavy (non-hydrogen) atoms. The van der Waals surface area contributed by atoms with Crippen molar-refractivity contribution in [3.8, 4) is 0 Å². The van der Waals surface area contributed by atoms with Crippen LogP contribution in [0.2, 0.25) is 0 Å². The molecule has 0 spiro atoms. The van der Waals surface area contributed by atoms with Crippen molar-refractivity contribution in [2.45, 2.75) is 124 Å². The molecule has 0 saturated heterocycles. The van der Waals surface area contributed by atoms with E-state index < -0.39 is 0 Å². The second-order valence-electron chi connectivity index (χ2n) is 8.63. The zero-order valence-corrected chi connectivity index (χ0v) is 20.2. The van der Waals surface area contributed by atoms with Crippen molar-refractivity contribution in [1.82, 2.24) is 9.80 Å². The summed E-state index contributed by atoms with van der Waals surface area (Å²) in [6.07, 6.45) is 20.3. The third kappa shape index (κ3) is 16.5. The zero-order chi connectivity index (χ0) is 20.9. The molecular weight excluding hydrogens is 340 g/mol. The van der Waals surface area contributed by atoms with Gasteiger partial charge in [-0.1, -0.05) is 92.1 Å². The summed E-state index contributed by atoms with van der Waals surface area (Å²) in [7, 11) is 0. The summed E-state index contributed by atoms with van der Waals surface area (Å²) in [5, 5.41) is 0. The zero-order valence-electron chi connectivity index (χ0n) is 20.2. The van der Waals surface area contributed by atoms with E-state index in [0.717, 1.165) is 0 Å². The van der Waals surface area contributed by atoms with Gasteiger partial charge in [0.1, 0.15) is 0 Å². The van der Waals surface area contributed by atoms with Crippen LogP contribution in [-0.4, -0.2) is 42.5 Å². The predicted molar refractivity (Wildman–Crippen MR) is 129 cm³/mol. The van der Waals surface area contributed by atoms with Gasteiger partial charge >= 0.3 is 0 Å². The number of nitrogens with zero attached hydrogens (tertiary/aromatic N) is 2. The van der Waals surface area contributed by atoms with Crippen LogP contribution in [0.3, 0.4) is 0 Å². The molecule has 2 heteroatoms. The van der Waals surface area contributed by atoms with E-state index in [1.54, 1.807) is 0 Å². The molecule has 0 fully saturated rings. The summed E-state index contributed by atoms with van der Waals surface area (Å²) in [5.74, 6) is 0. The van der Waals surface area contributed by atoms with Crippen LogP contribution in [0.25, 0.3) is 0 Å². The van der Waals surface area contributed by atoms with Crippen LogP contribution in [0, 0.1) is 0 Å². The Balaban J connectivity index is 3.65. The average Bonchev–Trinajstić information content (AvgIpc) is 2.71. The predicted octanol–water partition coefficient (Wildman–Crippen LogP) is 8.04. The molecule has 0 N–H and O–H groups in total. The molecule has 0 radical (unpaired) electrons. The van der Waals surface area contributed by atoms with E-state index >= 15 is 0 Å². The number of rotatable bonds is 22. The van der Waals surface area contributed by atoms with Crippen molar-refractivity contribution in [2.24, 2.45) is 0 Å². The van der Waals surface area contributed by atoms with E-state index in [9.17, 15) is 0 Å².